The molecule has 0 saturated carbocycles. The number of hydrogen-bond acceptors (Lipinski definition) is 2. The second-order valence-electron chi connectivity index (χ2n) is 3.48. The molecule has 0 unspecified atom stereocenters. The van der Waals surface area contributed by atoms with Crippen LogP contribution in [0.15, 0.2) is 34.8 Å². The fraction of sp³-hybridized carbons (Fsp3) is 0. The Bertz CT molecular complexity index is 607. The topological polar surface area (TPSA) is 35.2 Å². The standard InChI is InChI=1S/C12H7BrClF2NO/c13-7-4-12(10(17)5-8(7)15)18-11-2-1-6(14)3-9(11)16/h1-5H,17H2. The van der Waals surface area contributed by atoms with Crippen molar-refractivity contribution in [3.8, 4) is 11.5 Å². The van der Waals surface area contributed by atoms with Crippen LogP contribution in [0.4, 0.5) is 14.5 Å². The van der Waals surface area contributed by atoms with E-state index in [9.17, 15) is 8.78 Å². The maximum atomic E-state index is 13.5. The molecule has 2 rings (SSSR count). The molecule has 2 aromatic carbocycles. The van der Waals surface area contributed by atoms with Crippen molar-refractivity contribution in [2.45, 2.75) is 0 Å². The third-order valence-electron chi connectivity index (χ3n) is 2.17. The Hall–Kier alpha value is -1.33. The Morgan fingerprint density at radius 2 is 1.78 bits per heavy atom. The number of halogens is 4. The normalized spacial score (nSPS) is 10.4. The van der Waals surface area contributed by atoms with E-state index in [1.165, 1.54) is 18.2 Å². The van der Waals surface area contributed by atoms with Gasteiger partial charge < -0.3 is 10.5 Å². The molecule has 0 fully saturated rings. The number of nitrogens with two attached hydrogens (primary N) is 1. The second kappa shape index (κ2) is 5.12. The number of rotatable bonds is 2. The van der Waals surface area contributed by atoms with E-state index < -0.39 is 11.6 Å². The maximum absolute atomic E-state index is 13.5. The summed E-state index contributed by atoms with van der Waals surface area (Å²) in [5.74, 6) is -1.02. The molecule has 18 heavy (non-hydrogen) atoms. The number of nitrogen functional groups attached to an aromatic ring is 1. The van der Waals surface area contributed by atoms with E-state index in [-0.39, 0.29) is 26.7 Å². The van der Waals surface area contributed by atoms with Gasteiger partial charge in [0.1, 0.15) is 5.82 Å². The predicted molar refractivity (Wildman–Crippen MR) is 70.0 cm³/mol. The third-order valence-corrected chi connectivity index (χ3v) is 3.01. The van der Waals surface area contributed by atoms with Gasteiger partial charge in [-0.25, -0.2) is 8.78 Å². The molecule has 94 valence electrons. The summed E-state index contributed by atoms with van der Waals surface area (Å²) in [5.41, 5.74) is 5.66. The zero-order chi connectivity index (χ0) is 13.3. The summed E-state index contributed by atoms with van der Waals surface area (Å²) < 4.78 is 32.1. The molecule has 0 saturated heterocycles. The smallest absolute Gasteiger partial charge is 0.167 e. The van der Waals surface area contributed by atoms with Crippen LogP contribution < -0.4 is 10.5 Å². The molecular weight excluding hydrogens is 327 g/mol. The van der Waals surface area contributed by atoms with Crippen LogP contribution in [0.3, 0.4) is 0 Å². The van der Waals surface area contributed by atoms with Crippen LogP contribution in [-0.4, -0.2) is 0 Å². The Morgan fingerprint density at radius 1 is 1.06 bits per heavy atom. The van der Waals surface area contributed by atoms with Crippen LogP contribution in [-0.2, 0) is 0 Å². The molecule has 0 aliphatic rings. The first-order chi connectivity index (χ1) is 8.47. The Morgan fingerprint density at radius 3 is 2.44 bits per heavy atom. The monoisotopic (exact) mass is 333 g/mol. The van der Waals surface area contributed by atoms with Crippen molar-refractivity contribution in [2.75, 3.05) is 5.73 Å². The van der Waals surface area contributed by atoms with Crippen molar-refractivity contribution in [1.29, 1.82) is 0 Å². The lowest BCUT2D eigenvalue weighted by Crippen LogP contribution is -1.95. The number of ether oxygens (including phenoxy) is 1. The van der Waals surface area contributed by atoms with Crippen molar-refractivity contribution in [1.82, 2.24) is 0 Å². The molecule has 0 heterocycles. The van der Waals surface area contributed by atoms with Crippen molar-refractivity contribution in [2.24, 2.45) is 0 Å². The molecule has 2 nitrogen and oxygen atoms in total. The lowest BCUT2D eigenvalue weighted by molar-refractivity contribution is 0.442. The minimum Gasteiger partial charge on any atom is -0.452 e. The van der Waals surface area contributed by atoms with Crippen molar-refractivity contribution in [3.63, 3.8) is 0 Å². The van der Waals surface area contributed by atoms with Gasteiger partial charge in [0.25, 0.3) is 0 Å². The van der Waals surface area contributed by atoms with Crippen LogP contribution in [0.1, 0.15) is 0 Å². The first-order valence-corrected chi connectivity index (χ1v) is 6.02. The Labute approximate surface area is 115 Å². The van der Waals surface area contributed by atoms with E-state index in [4.69, 9.17) is 22.1 Å². The lowest BCUT2D eigenvalue weighted by atomic mass is 10.3. The summed E-state index contributed by atoms with van der Waals surface area (Å²) in [5, 5.41) is 0.258. The molecule has 0 spiro atoms. The van der Waals surface area contributed by atoms with E-state index in [1.807, 2.05) is 0 Å². The van der Waals surface area contributed by atoms with Gasteiger partial charge in [0.15, 0.2) is 17.3 Å². The first-order valence-electron chi connectivity index (χ1n) is 4.85. The molecule has 0 atom stereocenters. The van der Waals surface area contributed by atoms with Crippen LogP contribution in [0.25, 0.3) is 0 Å². The van der Waals surface area contributed by atoms with Gasteiger partial charge in [0.05, 0.1) is 10.2 Å². The van der Waals surface area contributed by atoms with Crippen LogP contribution >= 0.6 is 27.5 Å². The van der Waals surface area contributed by atoms with Gasteiger partial charge in [0, 0.05) is 17.2 Å². The second-order valence-corrected chi connectivity index (χ2v) is 4.77. The average molecular weight is 335 g/mol. The number of hydrogen-bond donors (Lipinski definition) is 1. The quantitative estimate of drug-likeness (QED) is 0.804. The Balaban J connectivity index is 2.37. The first kappa shape index (κ1) is 13.1. The molecule has 0 aliphatic carbocycles. The summed E-state index contributed by atoms with van der Waals surface area (Å²) in [6.07, 6.45) is 0. The van der Waals surface area contributed by atoms with Crippen LogP contribution in [0, 0.1) is 11.6 Å². The van der Waals surface area contributed by atoms with E-state index in [0.717, 1.165) is 12.1 Å². The Kier molecular flexibility index (Phi) is 3.73. The summed E-state index contributed by atoms with van der Waals surface area (Å²) in [6.45, 7) is 0. The van der Waals surface area contributed by atoms with Crippen LogP contribution in [0.2, 0.25) is 5.02 Å². The minimum atomic E-state index is -0.623. The van der Waals surface area contributed by atoms with E-state index in [1.54, 1.807) is 0 Å². The largest absolute Gasteiger partial charge is 0.452 e. The van der Waals surface area contributed by atoms with E-state index in [2.05, 4.69) is 15.9 Å². The van der Waals surface area contributed by atoms with Gasteiger partial charge in [-0.2, -0.15) is 0 Å². The fourth-order valence-corrected chi connectivity index (χ4v) is 1.79. The van der Waals surface area contributed by atoms with Crippen molar-refractivity contribution >= 4 is 33.2 Å². The highest BCUT2D eigenvalue weighted by Crippen LogP contribution is 2.33. The van der Waals surface area contributed by atoms with Crippen molar-refractivity contribution in [3.05, 3.63) is 51.5 Å². The van der Waals surface area contributed by atoms with Crippen LogP contribution in [0.5, 0.6) is 11.5 Å². The molecule has 0 aliphatic heterocycles. The zero-order valence-electron chi connectivity index (χ0n) is 8.88. The summed E-state index contributed by atoms with van der Waals surface area (Å²) in [6, 6.07) is 6.39. The fourth-order valence-electron chi connectivity index (χ4n) is 1.31. The maximum Gasteiger partial charge on any atom is 0.167 e. The minimum absolute atomic E-state index is 0.0374. The highest BCUT2D eigenvalue weighted by Gasteiger charge is 2.11. The third kappa shape index (κ3) is 2.73. The molecule has 2 aromatic rings. The number of anilines is 1. The highest BCUT2D eigenvalue weighted by molar-refractivity contribution is 9.10. The summed E-state index contributed by atoms with van der Waals surface area (Å²) in [7, 11) is 0. The summed E-state index contributed by atoms with van der Waals surface area (Å²) >= 11 is 8.62. The lowest BCUT2D eigenvalue weighted by Gasteiger charge is -2.10. The molecule has 0 bridgehead atoms. The van der Waals surface area contributed by atoms with Gasteiger partial charge in [-0.15, -0.1) is 0 Å². The predicted octanol–water partition coefficient (Wildman–Crippen LogP) is 4.76. The van der Waals surface area contributed by atoms with Gasteiger partial charge in [-0.05, 0) is 34.1 Å². The van der Waals surface area contributed by atoms with Gasteiger partial charge in [0.2, 0.25) is 0 Å². The molecule has 0 aromatic heterocycles. The average Bonchev–Trinajstić information content (AvgIpc) is 2.29. The number of benzene rings is 2. The highest BCUT2D eigenvalue weighted by atomic mass is 79.9. The SMILES string of the molecule is Nc1cc(F)c(Br)cc1Oc1ccc(Cl)cc1F. The summed E-state index contributed by atoms with van der Waals surface area (Å²) in [4.78, 5) is 0. The van der Waals surface area contributed by atoms with Gasteiger partial charge in [-0.1, -0.05) is 11.6 Å². The van der Waals surface area contributed by atoms with Crippen molar-refractivity contribution < 1.29 is 13.5 Å². The zero-order valence-corrected chi connectivity index (χ0v) is 11.2. The molecule has 6 heteroatoms. The molecule has 0 amide bonds. The molecular formula is C12H7BrClF2NO. The van der Waals surface area contributed by atoms with E-state index in [0.29, 0.717) is 0 Å². The van der Waals surface area contributed by atoms with E-state index >= 15 is 0 Å². The van der Waals surface area contributed by atoms with Gasteiger partial charge in [-0.3, -0.25) is 0 Å². The molecule has 0 radical (unpaired) electrons. The van der Waals surface area contributed by atoms with Gasteiger partial charge >= 0.3 is 0 Å². The molecule has 2 N–H and O–H groups in total.